The first-order valence-electron chi connectivity index (χ1n) is 12.4. The Bertz CT molecular complexity index is 1620. The van der Waals surface area contributed by atoms with E-state index in [1.165, 1.54) is 57.8 Å². The van der Waals surface area contributed by atoms with Crippen LogP contribution in [-0.4, -0.2) is 4.98 Å². The minimum Gasteiger partial charge on any atom is -0.244 e. The summed E-state index contributed by atoms with van der Waals surface area (Å²) >= 11 is 7.24. The molecular formula is C32H27NS4. The molecule has 0 aliphatic heterocycles. The molecule has 37 heavy (non-hydrogen) atoms. The predicted octanol–water partition coefficient (Wildman–Crippen LogP) is 10.1. The summed E-state index contributed by atoms with van der Waals surface area (Å²) in [5.41, 5.74) is 11.3. The Kier molecular flexibility index (Phi) is 7.21. The minimum atomic E-state index is 0.959. The molecule has 0 atom stereocenters. The normalized spacial score (nSPS) is 11.3. The second kappa shape index (κ2) is 10.9. The first kappa shape index (κ1) is 24.5. The van der Waals surface area contributed by atoms with Crippen LogP contribution in [0.3, 0.4) is 0 Å². The first-order chi connectivity index (χ1) is 18.1. The maximum absolute atomic E-state index is 4.47. The number of aryl methyl sites for hydroxylation is 2. The van der Waals surface area contributed by atoms with E-state index in [-0.39, 0.29) is 0 Å². The lowest BCUT2D eigenvalue weighted by molar-refractivity contribution is 1.08. The molecule has 0 saturated heterocycles. The first-order valence-corrected chi connectivity index (χ1v) is 15.8. The van der Waals surface area contributed by atoms with E-state index in [2.05, 4.69) is 102 Å². The molecule has 0 fully saturated rings. The molecule has 6 aromatic rings. The molecule has 184 valence electrons. The van der Waals surface area contributed by atoms with Gasteiger partial charge in [0.25, 0.3) is 0 Å². The van der Waals surface area contributed by atoms with Crippen molar-refractivity contribution >= 4 is 45.3 Å². The predicted molar refractivity (Wildman–Crippen MR) is 164 cm³/mol. The SMILES string of the molecule is Cc1ccc(Cc2ccc(C)c(Cc3ccc(-c4cscn4)s3)c2)c(Cc2ccc(-c3cccs3)s2)c1. The maximum Gasteiger partial charge on any atom is 0.0910 e. The lowest BCUT2D eigenvalue weighted by atomic mass is 9.93. The van der Waals surface area contributed by atoms with Crippen LogP contribution in [0.1, 0.15) is 43.1 Å². The third-order valence-electron chi connectivity index (χ3n) is 6.67. The molecule has 0 spiro atoms. The molecule has 4 heterocycles. The summed E-state index contributed by atoms with van der Waals surface area (Å²) in [4.78, 5) is 11.3. The molecule has 0 bridgehead atoms. The molecule has 6 rings (SSSR count). The van der Waals surface area contributed by atoms with Crippen molar-refractivity contribution in [3.8, 4) is 20.3 Å². The summed E-state index contributed by atoms with van der Waals surface area (Å²) in [6.07, 6.45) is 2.91. The Labute approximate surface area is 234 Å². The Hall–Kier alpha value is -2.83. The Morgan fingerprint density at radius 3 is 2.27 bits per heavy atom. The number of aromatic nitrogens is 1. The lowest BCUT2D eigenvalue weighted by Crippen LogP contribution is -1.99. The zero-order chi connectivity index (χ0) is 25.2. The monoisotopic (exact) mass is 553 g/mol. The molecule has 0 unspecified atom stereocenters. The van der Waals surface area contributed by atoms with Crippen molar-refractivity contribution in [2.75, 3.05) is 0 Å². The van der Waals surface area contributed by atoms with E-state index in [1.54, 1.807) is 11.3 Å². The van der Waals surface area contributed by atoms with Crippen molar-refractivity contribution in [3.63, 3.8) is 0 Å². The zero-order valence-corrected chi connectivity index (χ0v) is 24.1. The van der Waals surface area contributed by atoms with Crippen LogP contribution < -0.4 is 0 Å². The Balaban J connectivity index is 1.22. The van der Waals surface area contributed by atoms with Gasteiger partial charge in [0.1, 0.15) is 0 Å². The largest absolute Gasteiger partial charge is 0.244 e. The molecule has 0 saturated carbocycles. The fourth-order valence-corrected chi connectivity index (χ4v) is 8.17. The quantitative estimate of drug-likeness (QED) is 0.183. The van der Waals surface area contributed by atoms with Gasteiger partial charge in [0.15, 0.2) is 0 Å². The molecule has 1 nitrogen and oxygen atoms in total. The highest BCUT2D eigenvalue weighted by atomic mass is 32.1. The number of thiophene rings is 3. The van der Waals surface area contributed by atoms with Gasteiger partial charge in [0.05, 0.1) is 16.1 Å². The van der Waals surface area contributed by atoms with E-state index in [4.69, 9.17) is 0 Å². The topological polar surface area (TPSA) is 12.9 Å². The van der Waals surface area contributed by atoms with Crippen molar-refractivity contribution in [1.29, 1.82) is 0 Å². The summed E-state index contributed by atoms with van der Waals surface area (Å²) in [6, 6.07) is 27.4. The van der Waals surface area contributed by atoms with Crippen LogP contribution >= 0.6 is 45.3 Å². The highest BCUT2D eigenvalue weighted by molar-refractivity contribution is 7.21. The van der Waals surface area contributed by atoms with Crippen LogP contribution in [0, 0.1) is 13.8 Å². The smallest absolute Gasteiger partial charge is 0.0910 e. The van der Waals surface area contributed by atoms with Crippen LogP contribution in [0.2, 0.25) is 0 Å². The molecule has 0 radical (unpaired) electrons. The number of rotatable bonds is 8. The molecule has 0 N–H and O–H groups in total. The molecule has 0 aliphatic carbocycles. The molecule has 5 heteroatoms. The van der Waals surface area contributed by atoms with Crippen molar-refractivity contribution in [1.82, 2.24) is 4.98 Å². The van der Waals surface area contributed by atoms with Gasteiger partial charge in [0.2, 0.25) is 0 Å². The summed E-state index contributed by atoms with van der Waals surface area (Å²) in [5.74, 6) is 0. The third-order valence-corrected chi connectivity index (χ3v) is 10.5. The lowest BCUT2D eigenvalue weighted by Gasteiger charge is -2.13. The van der Waals surface area contributed by atoms with Gasteiger partial charge in [-0.2, -0.15) is 0 Å². The van der Waals surface area contributed by atoms with Crippen molar-refractivity contribution < 1.29 is 0 Å². The minimum absolute atomic E-state index is 0.959. The van der Waals surface area contributed by atoms with Gasteiger partial charge >= 0.3 is 0 Å². The molecule has 0 amide bonds. The number of hydrogen-bond acceptors (Lipinski definition) is 5. The van der Waals surface area contributed by atoms with Gasteiger partial charge in [-0.3, -0.25) is 0 Å². The van der Waals surface area contributed by atoms with Crippen LogP contribution in [-0.2, 0) is 19.3 Å². The summed E-state index contributed by atoms with van der Waals surface area (Å²) in [7, 11) is 0. The summed E-state index contributed by atoms with van der Waals surface area (Å²) in [5, 5.41) is 4.28. The van der Waals surface area contributed by atoms with Gasteiger partial charge < -0.3 is 0 Å². The van der Waals surface area contributed by atoms with Crippen LogP contribution in [0.5, 0.6) is 0 Å². The van der Waals surface area contributed by atoms with E-state index >= 15 is 0 Å². The third kappa shape index (κ3) is 5.70. The average Bonchev–Trinajstić information content (AvgIpc) is 3.70. The second-order valence-corrected chi connectivity index (χ2v) is 13.4. The van der Waals surface area contributed by atoms with Crippen molar-refractivity contribution in [2.24, 2.45) is 0 Å². The van der Waals surface area contributed by atoms with Crippen LogP contribution in [0.4, 0.5) is 0 Å². The van der Waals surface area contributed by atoms with Gasteiger partial charge in [0, 0.05) is 37.7 Å². The molecule has 2 aromatic carbocycles. The maximum atomic E-state index is 4.47. The highest BCUT2D eigenvalue weighted by Gasteiger charge is 2.11. The average molecular weight is 554 g/mol. The van der Waals surface area contributed by atoms with Gasteiger partial charge in [-0.1, -0.05) is 48.0 Å². The Morgan fingerprint density at radius 2 is 1.49 bits per heavy atom. The Morgan fingerprint density at radius 1 is 0.676 bits per heavy atom. The van der Waals surface area contributed by atoms with Gasteiger partial charge in [-0.25, -0.2) is 4.98 Å². The highest BCUT2D eigenvalue weighted by Crippen LogP contribution is 2.34. The zero-order valence-electron chi connectivity index (χ0n) is 20.9. The van der Waals surface area contributed by atoms with Gasteiger partial charge in [-0.15, -0.1) is 45.3 Å². The van der Waals surface area contributed by atoms with Crippen molar-refractivity contribution in [3.05, 3.63) is 132 Å². The van der Waals surface area contributed by atoms with Gasteiger partial charge in [-0.05, 0) is 83.8 Å². The van der Waals surface area contributed by atoms with E-state index < -0.39 is 0 Å². The standard InChI is InChI=1S/C32H27NS4/c1-21-5-8-24(26(14-21)18-28-10-12-32(37-28)31-4-3-13-35-31)15-23-7-6-22(2)25(16-23)17-27-9-11-30(36-27)29-19-34-20-33-29/h3-14,16,19-20H,15,17-18H2,1-2H3. The fourth-order valence-electron chi connectivity index (χ4n) is 4.68. The number of hydrogen-bond donors (Lipinski definition) is 0. The van der Waals surface area contributed by atoms with Crippen LogP contribution in [0.15, 0.2) is 89.1 Å². The molecule has 0 aliphatic rings. The fraction of sp³-hybridized carbons (Fsp3) is 0.156. The number of nitrogens with zero attached hydrogens (tertiary/aromatic N) is 1. The van der Waals surface area contributed by atoms with E-state index in [9.17, 15) is 0 Å². The molecule has 4 aromatic heterocycles. The summed E-state index contributed by atoms with van der Waals surface area (Å²) in [6.45, 7) is 4.43. The molecular weight excluding hydrogens is 527 g/mol. The number of thiazole rings is 1. The van der Waals surface area contributed by atoms with Crippen molar-refractivity contribution in [2.45, 2.75) is 33.1 Å². The second-order valence-electron chi connectivity index (χ2n) is 9.45. The van der Waals surface area contributed by atoms with E-state index in [1.807, 2.05) is 39.5 Å². The van der Waals surface area contributed by atoms with E-state index in [0.717, 1.165) is 25.0 Å². The number of benzene rings is 2. The summed E-state index contributed by atoms with van der Waals surface area (Å²) < 4.78 is 0. The van der Waals surface area contributed by atoms with Crippen LogP contribution in [0.25, 0.3) is 20.3 Å². The van der Waals surface area contributed by atoms with E-state index in [0.29, 0.717) is 0 Å².